The summed E-state index contributed by atoms with van der Waals surface area (Å²) in [5.41, 5.74) is 4.25. The van der Waals surface area contributed by atoms with Crippen molar-refractivity contribution in [1.82, 2.24) is 14.7 Å². The minimum Gasteiger partial charge on any atom is -0.337 e. The van der Waals surface area contributed by atoms with Crippen LogP contribution < -0.4 is 0 Å². The number of thiophene rings is 1. The molecule has 1 fully saturated rings. The van der Waals surface area contributed by atoms with Crippen molar-refractivity contribution in [3.8, 4) is 11.3 Å². The Morgan fingerprint density at radius 1 is 1.32 bits per heavy atom. The number of hydrogen-bond donors (Lipinski definition) is 0. The molecule has 1 aliphatic carbocycles. The van der Waals surface area contributed by atoms with E-state index in [9.17, 15) is 4.79 Å². The normalized spacial score (nSPS) is 18.2. The fraction of sp³-hybridized carbons (Fsp3) is 0.529. The molecule has 4 nitrogen and oxygen atoms in total. The second-order valence-corrected chi connectivity index (χ2v) is 7.53. The van der Waals surface area contributed by atoms with Gasteiger partial charge in [0, 0.05) is 36.1 Å². The number of carbonyl (C=O) groups excluding carboxylic acids is 1. The highest BCUT2D eigenvalue weighted by Gasteiger charge is 2.31. The maximum absolute atomic E-state index is 12.9. The summed E-state index contributed by atoms with van der Waals surface area (Å²) in [4.78, 5) is 16.3. The zero-order chi connectivity index (χ0) is 15.3. The Bertz CT molecular complexity index is 722. The first kappa shape index (κ1) is 14.0. The predicted octanol–water partition coefficient (Wildman–Crippen LogP) is 3.12. The van der Waals surface area contributed by atoms with Crippen LogP contribution in [-0.2, 0) is 19.9 Å². The quantitative estimate of drug-likeness (QED) is 0.811. The van der Waals surface area contributed by atoms with Crippen LogP contribution in [0.3, 0.4) is 0 Å². The van der Waals surface area contributed by atoms with E-state index < -0.39 is 0 Å². The van der Waals surface area contributed by atoms with Gasteiger partial charge in [-0.2, -0.15) is 5.10 Å². The van der Waals surface area contributed by atoms with Crippen molar-refractivity contribution in [3.05, 3.63) is 27.6 Å². The van der Waals surface area contributed by atoms with Crippen LogP contribution in [0.2, 0.25) is 0 Å². The van der Waals surface area contributed by atoms with Crippen molar-refractivity contribution in [2.45, 2.75) is 32.6 Å². The van der Waals surface area contributed by atoms with Crippen LogP contribution in [0.15, 0.2) is 11.4 Å². The first-order valence-electron chi connectivity index (χ1n) is 8.07. The minimum absolute atomic E-state index is 0.127. The lowest BCUT2D eigenvalue weighted by Crippen LogP contribution is -2.38. The van der Waals surface area contributed by atoms with E-state index in [0.717, 1.165) is 55.9 Å². The lowest BCUT2D eigenvalue weighted by atomic mass is 9.94. The Morgan fingerprint density at radius 2 is 2.09 bits per heavy atom. The van der Waals surface area contributed by atoms with E-state index in [1.807, 2.05) is 28.0 Å². The molecule has 2 aliphatic rings. The third kappa shape index (κ3) is 2.10. The van der Waals surface area contributed by atoms with Gasteiger partial charge in [-0.3, -0.25) is 9.48 Å². The van der Waals surface area contributed by atoms with E-state index in [1.54, 1.807) is 0 Å². The van der Waals surface area contributed by atoms with E-state index in [-0.39, 0.29) is 5.91 Å². The second-order valence-electron chi connectivity index (χ2n) is 6.53. The molecule has 2 aromatic heterocycles. The van der Waals surface area contributed by atoms with Crippen LogP contribution >= 0.6 is 11.3 Å². The zero-order valence-electron chi connectivity index (χ0n) is 13.1. The standard InChI is InChI=1S/C17H21N3OS/c1-11-5-8-20(9-6-11)17(21)15-13-3-4-14-12(7-10-22-14)16(13)19(2)18-15/h7,10-11H,3-6,8-9H2,1-2H3. The lowest BCUT2D eigenvalue weighted by molar-refractivity contribution is 0.0689. The molecule has 116 valence electrons. The molecule has 0 N–H and O–H groups in total. The molecule has 0 unspecified atom stereocenters. The van der Waals surface area contributed by atoms with Gasteiger partial charge in [-0.05, 0) is 43.0 Å². The molecular weight excluding hydrogens is 294 g/mol. The SMILES string of the molecule is CC1CCN(C(=O)c2nn(C)c3c2CCc2sccc2-3)CC1. The van der Waals surface area contributed by atoms with Crippen molar-refractivity contribution in [2.24, 2.45) is 13.0 Å². The molecule has 22 heavy (non-hydrogen) atoms. The average molecular weight is 315 g/mol. The van der Waals surface area contributed by atoms with Crippen LogP contribution in [-0.4, -0.2) is 33.7 Å². The number of nitrogens with zero attached hydrogens (tertiary/aromatic N) is 3. The monoisotopic (exact) mass is 315 g/mol. The number of rotatable bonds is 1. The summed E-state index contributed by atoms with van der Waals surface area (Å²) in [5, 5.41) is 6.73. The number of piperidine rings is 1. The van der Waals surface area contributed by atoms with E-state index in [0.29, 0.717) is 5.69 Å². The van der Waals surface area contributed by atoms with E-state index in [2.05, 4.69) is 23.5 Å². The third-order valence-electron chi connectivity index (χ3n) is 5.02. The Balaban J connectivity index is 1.70. The summed E-state index contributed by atoms with van der Waals surface area (Å²) in [5.74, 6) is 0.859. The van der Waals surface area contributed by atoms with Gasteiger partial charge in [0.05, 0.1) is 5.69 Å². The zero-order valence-corrected chi connectivity index (χ0v) is 13.9. The maximum Gasteiger partial charge on any atom is 0.274 e. The third-order valence-corrected chi connectivity index (χ3v) is 6.00. The number of carbonyl (C=O) groups is 1. The molecule has 2 aromatic rings. The fourth-order valence-corrected chi connectivity index (χ4v) is 4.54. The molecule has 0 spiro atoms. The van der Waals surface area contributed by atoms with Gasteiger partial charge in [-0.1, -0.05) is 6.92 Å². The van der Waals surface area contributed by atoms with E-state index >= 15 is 0 Å². The molecule has 0 atom stereocenters. The molecule has 3 heterocycles. The van der Waals surface area contributed by atoms with Crippen molar-refractivity contribution in [3.63, 3.8) is 0 Å². The molecule has 1 aliphatic heterocycles. The summed E-state index contributed by atoms with van der Waals surface area (Å²) in [6.45, 7) is 4.01. The molecule has 5 heteroatoms. The number of aryl methyl sites for hydroxylation is 2. The lowest BCUT2D eigenvalue weighted by Gasteiger charge is -2.30. The molecule has 1 amide bonds. The van der Waals surface area contributed by atoms with E-state index in [4.69, 9.17) is 0 Å². The van der Waals surface area contributed by atoms with Gasteiger partial charge in [0.15, 0.2) is 5.69 Å². The molecule has 1 saturated heterocycles. The van der Waals surface area contributed by atoms with Crippen LogP contribution in [0, 0.1) is 5.92 Å². The smallest absolute Gasteiger partial charge is 0.274 e. The van der Waals surface area contributed by atoms with Gasteiger partial charge < -0.3 is 4.90 Å². The summed E-state index contributed by atoms with van der Waals surface area (Å²) < 4.78 is 1.90. The molecule has 0 aromatic carbocycles. The second kappa shape index (κ2) is 5.23. The number of fused-ring (bicyclic) bond motifs is 3. The fourth-order valence-electron chi connectivity index (χ4n) is 3.66. The number of aromatic nitrogens is 2. The number of likely N-dealkylation sites (tertiary alicyclic amines) is 1. The summed E-state index contributed by atoms with van der Waals surface area (Å²) in [6, 6.07) is 2.16. The van der Waals surface area contributed by atoms with Crippen molar-refractivity contribution in [1.29, 1.82) is 0 Å². The van der Waals surface area contributed by atoms with Crippen molar-refractivity contribution >= 4 is 17.2 Å². The highest BCUT2D eigenvalue weighted by molar-refractivity contribution is 7.10. The first-order valence-corrected chi connectivity index (χ1v) is 8.95. The highest BCUT2D eigenvalue weighted by Crippen LogP contribution is 2.38. The number of amides is 1. The Hall–Kier alpha value is -1.62. The van der Waals surface area contributed by atoms with E-state index in [1.165, 1.54) is 10.4 Å². The highest BCUT2D eigenvalue weighted by atomic mass is 32.1. The van der Waals surface area contributed by atoms with Gasteiger partial charge in [0.25, 0.3) is 5.91 Å². The Labute approximate surface area is 134 Å². The van der Waals surface area contributed by atoms with Gasteiger partial charge in [-0.25, -0.2) is 0 Å². The Morgan fingerprint density at radius 3 is 2.86 bits per heavy atom. The largest absolute Gasteiger partial charge is 0.337 e. The summed E-state index contributed by atoms with van der Waals surface area (Å²) in [6.07, 6.45) is 4.18. The summed E-state index contributed by atoms with van der Waals surface area (Å²) >= 11 is 1.81. The van der Waals surface area contributed by atoms with Crippen molar-refractivity contribution in [2.75, 3.05) is 13.1 Å². The molecular formula is C17H21N3OS. The topological polar surface area (TPSA) is 38.1 Å². The molecule has 0 radical (unpaired) electrons. The van der Waals surface area contributed by atoms with Gasteiger partial charge in [-0.15, -0.1) is 11.3 Å². The molecule has 0 saturated carbocycles. The molecule has 4 rings (SSSR count). The summed E-state index contributed by atoms with van der Waals surface area (Å²) in [7, 11) is 1.96. The van der Waals surface area contributed by atoms with Crippen LogP contribution in [0.5, 0.6) is 0 Å². The predicted molar refractivity (Wildman–Crippen MR) is 88.2 cm³/mol. The molecule has 0 bridgehead atoms. The Kier molecular flexibility index (Phi) is 3.33. The first-order chi connectivity index (χ1) is 10.6. The van der Waals surface area contributed by atoms with Crippen LogP contribution in [0.1, 0.15) is 40.7 Å². The van der Waals surface area contributed by atoms with Gasteiger partial charge in [0.1, 0.15) is 0 Å². The average Bonchev–Trinajstić information content (AvgIpc) is 3.11. The van der Waals surface area contributed by atoms with Gasteiger partial charge in [0.2, 0.25) is 0 Å². The van der Waals surface area contributed by atoms with Crippen molar-refractivity contribution < 1.29 is 4.79 Å². The van der Waals surface area contributed by atoms with Crippen LogP contribution in [0.25, 0.3) is 11.3 Å². The maximum atomic E-state index is 12.9. The van der Waals surface area contributed by atoms with Gasteiger partial charge >= 0.3 is 0 Å². The number of hydrogen-bond acceptors (Lipinski definition) is 3. The van der Waals surface area contributed by atoms with Crippen LogP contribution in [0.4, 0.5) is 0 Å². The minimum atomic E-state index is 0.127.